The number of allylic oxidation sites excluding steroid dienone is 4. The molecule has 1 aromatic rings. The molecule has 0 spiro atoms. The molecule has 2 aliphatic rings. The van der Waals surface area contributed by atoms with Gasteiger partial charge in [-0.15, -0.1) is 0 Å². The van der Waals surface area contributed by atoms with Crippen LogP contribution in [0.1, 0.15) is 37.7 Å². The number of benzene rings is 1. The van der Waals surface area contributed by atoms with Crippen molar-refractivity contribution in [2.24, 2.45) is 5.73 Å². The molecule has 2 heterocycles. The molecule has 29 heavy (non-hydrogen) atoms. The lowest BCUT2D eigenvalue weighted by Gasteiger charge is -2.21. The molecule has 0 aliphatic carbocycles. The molecule has 154 valence electrons. The summed E-state index contributed by atoms with van der Waals surface area (Å²) < 4.78 is 34.2. The van der Waals surface area contributed by atoms with Crippen molar-refractivity contribution < 1.29 is 18.3 Å². The molecular formula is C23H26F2N2O2. The second-order valence-corrected chi connectivity index (χ2v) is 7.43. The molecule has 1 saturated heterocycles. The molecular weight excluding hydrogens is 374 g/mol. The van der Waals surface area contributed by atoms with Crippen molar-refractivity contribution in [3.05, 3.63) is 77.8 Å². The molecule has 0 aromatic heterocycles. The van der Waals surface area contributed by atoms with Crippen LogP contribution in [0, 0.1) is 11.6 Å². The molecule has 0 saturated carbocycles. The Balaban J connectivity index is 1.83. The van der Waals surface area contributed by atoms with Gasteiger partial charge in [-0.25, -0.2) is 8.78 Å². The Morgan fingerprint density at radius 3 is 2.76 bits per heavy atom. The van der Waals surface area contributed by atoms with Crippen LogP contribution in [0.25, 0.3) is 5.57 Å². The highest BCUT2D eigenvalue weighted by atomic mass is 19.1. The van der Waals surface area contributed by atoms with Gasteiger partial charge in [0.1, 0.15) is 17.4 Å². The van der Waals surface area contributed by atoms with Crippen LogP contribution < -0.4 is 5.73 Å². The van der Waals surface area contributed by atoms with Gasteiger partial charge in [0.2, 0.25) is 5.91 Å². The molecule has 1 aromatic carbocycles. The van der Waals surface area contributed by atoms with Gasteiger partial charge in [-0.05, 0) is 55.0 Å². The fourth-order valence-electron chi connectivity index (χ4n) is 3.57. The number of carbonyl (C=O) groups is 1. The normalized spacial score (nSPS) is 25.3. The summed E-state index contributed by atoms with van der Waals surface area (Å²) in [5, 5.41) is 0. The molecule has 1 amide bonds. The minimum atomic E-state index is -0.643. The third kappa shape index (κ3) is 5.64. The van der Waals surface area contributed by atoms with Crippen LogP contribution in [0.2, 0.25) is 0 Å². The van der Waals surface area contributed by atoms with E-state index in [0.717, 1.165) is 19.3 Å². The van der Waals surface area contributed by atoms with Crippen LogP contribution in [0.4, 0.5) is 8.78 Å². The first-order chi connectivity index (χ1) is 13.9. The number of rotatable bonds is 3. The second kappa shape index (κ2) is 9.65. The zero-order valence-corrected chi connectivity index (χ0v) is 16.4. The Morgan fingerprint density at radius 2 is 2.00 bits per heavy atom. The number of likely N-dealkylation sites (tertiary alicyclic amines) is 1. The number of amides is 1. The van der Waals surface area contributed by atoms with Gasteiger partial charge < -0.3 is 15.4 Å². The van der Waals surface area contributed by atoms with E-state index in [-0.39, 0.29) is 30.4 Å². The van der Waals surface area contributed by atoms with Crippen LogP contribution in [0.15, 0.2) is 60.6 Å². The van der Waals surface area contributed by atoms with E-state index in [1.54, 1.807) is 23.1 Å². The molecule has 0 unspecified atom stereocenters. The summed E-state index contributed by atoms with van der Waals surface area (Å²) in [6, 6.07) is 3.89. The number of halogens is 2. The zero-order valence-electron chi connectivity index (χ0n) is 16.4. The topological polar surface area (TPSA) is 55.6 Å². The van der Waals surface area contributed by atoms with Crippen LogP contribution in [-0.2, 0) is 9.53 Å². The highest BCUT2D eigenvalue weighted by molar-refractivity contribution is 5.80. The van der Waals surface area contributed by atoms with Gasteiger partial charge in [0.15, 0.2) is 0 Å². The summed E-state index contributed by atoms with van der Waals surface area (Å²) in [5.41, 5.74) is 6.97. The van der Waals surface area contributed by atoms with E-state index >= 15 is 0 Å². The number of nitrogens with zero attached hydrogens (tertiary/aromatic N) is 1. The average Bonchev–Trinajstić information content (AvgIpc) is 2.85. The molecule has 0 bridgehead atoms. The van der Waals surface area contributed by atoms with Gasteiger partial charge in [-0.3, -0.25) is 4.79 Å². The maximum atomic E-state index is 14.3. The van der Waals surface area contributed by atoms with Crippen LogP contribution >= 0.6 is 0 Å². The van der Waals surface area contributed by atoms with E-state index in [1.807, 2.05) is 0 Å². The van der Waals surface area contributed by atoms with E-state index < -0.39 is 11.6 Å². The summed E-state index contributed by atoms with van der Waals surface area (Å²) in [6.07, 6.45) is 9.18. The van der Waals surface area contributed by atoms with Crippen molar-refractivity contribution >= 4 is 11.5 Å². The Kier molecular flexibility index (Phi) is 6.99. The van der Waals surface area contributed by atoms with E-state index in [2.05, 4.69) is 6.58 Å². The van der Waals surface area contributed by atoms with Gasteiger partial charge in [0.05, 0.1) is 12.7 Å². The lowest BCUT2D eigenvalue weighted by atomic mass is 9.95. The summed E-state index contributed by atoms with van der Waals surface area (Å²) in [5.74, 6) is -0.950. The lowest BCUT2D eigenvalue weighted by Crippen LogP contribution is -2.33. The summed E-state index contributed by atoms with van der Waals surface area (Å²) in [4.78, 5) is 14.7. The van der Waals surface area contributed by atoms with E-state index in [9.17, 15) is 13.6 Å². The first-order valence-corrected chi connectivity index (χ1v) is 9.82. The van der Waals surface area contributed by atoms with Crippen molar-refractivity contribution in [1.82, 2.24) is 4.90 Å². The predicted octanol–water partition coefficient (Wildman–Crippen LogP) is 4.45. The van der Waals surface area contributed by atoms with Crippen LogP contribution in [0.3, 0.4) is 0 Å². The fraction of sp³-hybridized carbons (Fsp3) is 0.348. The largest absolute Gasteiger partial charge is 0.466 e. The highest BCUT2D eigenvalue weighted by Crippen LogP contribution is 2.30. The maximum Gasteiger partial charge on any atom is 0.226 e. The third-order valence-corrected chi connectivity index (χ3v) is 5.16. The van der Waals surface area contributed by atoms with E-state index in [1.165, 1.54) is 24.5 Å². The van der Waals surface area contributed by atoms with Crippen molar-refractivity contribution in [3.8, 4) is 0 Å². The number of hydrogen-bond acceptors (Lipinski definition) is 3. The minimum Gasteiger partial charge on any atom is -0.466 e. The first-order valence-electron chi connectivity index (χ1n) is 9.82. The van der Waals surface area contributed by atoms with Crippen molar-refractivity contribution in [1.29, 1.82) is 0 Å². The van der Waals surface area contributed by atoms with Gasteiger partial charge in [0.25, 0.3) is 0 Å². The molecule has 1 fully saturated rings. The molecule has 1 atom stereocenters. The van der Waals surface area contributed by atoms with Gasteiger partial charge in [-0.1, -0.05) is 24.8 Å². The maximum absolute atomic E-state index is 14.3. The Bertz CT molecular complexity index is 853. The number of carbonyl (C=O) groups excluding carboxylic acids is 1. The molecule has 2 aliphatic heterocycles. The van der Waals surface area contributed by atoms with Crippen LogP contribution in [-0.4, -0.2) is 29.9 Å². The Labute approximate surface area is 170 Å². The monoisotopic (exact) mass is 400 g/mol. The first kappa shape index (κ1) is 21.0. The summed E-state index contributed by atoms with van der Waals surface area (Å²) in [7, 11) is 0. The number of ether oxygens (including phenoxy) is 1. The van der Waals surface area contributed by atoms with E-state index in [4.69, 9.17) is 10.5 Å². The smallest absolute Gasteiger partial charge is 0.226 e. The fourth-order valence-corrected chi connectivity index (χ4v) is 3.57. The summed E-state index contributed by atoms with van der Waals surface area (Å²) in [6.45, 7) is 5.06. The molecule has 2 N–H and O–H groups in total. The second-order valence-electron chi connectivity index (χ2n) is 7.43. The molecule has 3 rings (SSSR count). The van der Waals surface area contributed by atoms with Gasteiger partial charge in [0, 0.05) is 24.7 Å². The van der Waals surface area contributed by atoms with Gasteiger partial charge >= 0.3 is 0 Å². The molecule has 6 heteroatoms. The number of hydrogen-bond donors (Lipinski definition) is 1. The Morgan fingerprint density at radius 1 is 1.24 bits per heavy atom. The van der Waals surface area contributed by atoms with Crippen molar-refractivity contribution in [2.45, 2.75) is 38.1 Å². The standard InChI is InChI=1S/C23H26F2N2O2/c1-16-5-2-6-18(23-20(24)8-3-9-21(23)25)13-17(15-29-16)14-22(28)27-11-4-7-19(26)10-12-27/h2-3,5-6,8-9,15,19H,1,4,7,10-14,26H2/b5-2-,17-15+,18-6+/t19-/m0/s1. The lowest BCUT2D eigenvalue weighted by molar-refractivity contribution is -0.130. The SMILES string of the molecule is C=C1/C=C\C=C(\c2c(F)cccc2F)C/C(CC(=O)N2CCC[C@H](N)CC2)=C\O1. The third-order valence-electron chi connectivity index (χ3n) is 5.16. The predicted molar refractivity (Wildman–Crippen MR) is 109 cm³/mol. The zero-order chi connectivity index (χ0) is 20.8. The Hall–Kier alpha value is -2.73. The average molecular weight is 400 g/mol. The molecule has 0 radical (unpaired) electrons. The molecule has 4 nitrogen and oxygen atoms in total. The van der Waals surface area contributed by atoms with Gasteiger partial charge in [-0.2, -0.15) is 0 Å². The summed E-state index contributed by atoms with van der Waals surface area (Å²) >= 11 is 0. The highest BCUT2D eigenvalue weighted by Gasteiger charge is 2.22. The minimum absolute atomic E-state index is 0.0416. The van der Waals surface area contributed by atoms with Crippen molar-refractivity contribution in [2.75, 3.05) is 13.1 Å². The number of nitrogens with two attached hydrogens (primary N) is 1. The quantitative estimate of drug-likeness (QED) is 0.815. The van der Waals surface area contributed by atoms with Crippen molar-refractivity contribution in [3.63, 3.8) is 0 Å². The van der Waals surface area contributed by atoms with Crippen LogP contribution in [0.5, 0.6) is 0 Å². The van der Waals surface area contributed by atoms with E-state index in [0.29, 0.717) is 30.0 Å².